The zero-order valence-corrected chi connectivity index (χ0v) is 45.0. The van der Waals surface area contributed by atoms with E-state index in [1.807, 2.05) is 0 Å². The molecule has 0 saturated heterocycles. The molecule has 0 N–H and O–H groups in total. The van der Waals surface area contributed by atoms with Gasteiger partial charge in [0.1, 0.15) is 13.2 Å². The fourth-order valence-electron chi connectivity index (χ4n) is 7.72. The minimum absolute atomic E-state index is 0.0873. The molecule has 1 atom stereocenters. The largest absolute Gasteiger partial charge is 0.462 e. The highest BCUT2D eigenvalue weighted by Gasteiger charge is 2.19. The van der Waals surface area contributed by atoms with E-state index in [0.717, 1.165) is 135 Å². The molecule has 1 unspecified atom stereocenters. The molecule has 394 valence electrons. The summed E-state index contributed by atoms with van der Waals surface area (Å²) >= 11 is 0. The van der Waals surface area contributed by atoms with E-state index in [1.54, 1.807) is 0 Å². The van der Waals surface area contributed by atoms with Gasteiger partial charge < -0.3 is 14.2 Å². The van der Waals surface area contributed by atoms with Crippen molar-refractivity contribution in [2.24, 2.45) is 0 Å². The molecule has 0 aliphatic carbocycles. The molecular weight excluding hydrogens is 853 g/mol. The highest BCUT2D eigenvalue weighted by atomic mass is 16.6. The van der Waals surface area contributed by atoms with Gasteiger partial charge in [-0.15, -0.1) is 0 Å². The monoisotopic (exact) mass is 959 g/mol. The number of unbranched alkanes of at least 4 members (excludes halogenated alkanes) is 24. The lowest BCUT2D eigenvalue weighted by molar-refractivity contribution is -0.167. The van der Waals surface area contributed by atoms with Gasteiger partial charge in [0.25, 0.3) is 0 Å². The molecule has 0 bridgehead atoms. The van der Waals surface area contributed by atoms with Gasteiger partial charge >= 0.3 is 17.9 Å². The lowest BCUT2D eigenvalue weighted by Gasteiger charge is -2.18. The third-order valence-electron chi connectivity index (χ3n) is 12.0. The molecule has 0 aromatic carbocycles. The van der Waals surface area contributed by atoms with Crippen molar-refractivity contribution in [1.82, 2.24) is 0 Å². The number of esters is 3. The normalized spacial score (nSPS) is 12.8. The zero-order chi connectivity index (χ0) is 50.0. The van der Waals surface area contributed by atoms with Gasteiger partial charge in [-0.3, -0.25) is 14.4 Å². The van der Waals surface area contributed by atoms with Crippen LogP contribution in [0.5, 0.6) is 0 Å². The number of allylic oxidation sites excluding steroid dienone is 16. The van der Waals surface area contributed by atoms with Crippen molar-refractivity contribution in [2.45, 2.75) is 271 Å². The van der Waals surface area contributed by atoms with Crippen LogP contribution in [-0.4, -0.2) is 37.2 Å². The van der Waals surface area contributed by atoms with Crippen LogP contribution >= 0.6 is 0 Å². The van der Waals surface area contributed by atoms with E-state index >= 15 is 0 Å². The molecular formula is C63H106O6. The van der Waals surface area contributed by atoms with E-state index in [2.05, 4.69) is 118 Å². The van der Waals surface area contributed by atoms with Gasteiger partial charge in [-0.1, -0.05) is 234 Å². The summed E-state index contributed by atoms with van der Waals surface area (Å²) in [5, 5.41) is 0. The predicted molar refractivity (Wildman–Crippen MR) is 297 cm³/mol. The number of rotatable bonds is 51. The Labute approximate surface area is 426 Å². The minimum Gasteiger partial charge on any atom is -0.462 e. The number of hydrogen-bond acceptors (Lipinski definition) is 6. The Hall–Kier alpha value is -3.67. The fraction of sp³-hybridized carbons (Fsp3) is 0.698. The molecule has 0 aromatic heterocycles. The van der Waals surface area contributed by atoms with E-state index in [4.69, 9.17) is 14.2 Å². The van der Waals surface area contributed by atoms with Crippen molar-refractivity contribution >= 4 is 17.9 Å². The molecule has 69 heavy (non-hydrogen) atoms. The van der Waals surface area contributed by atoms with Gasteiger partial charge in [0.05, 0.1) is 0 Å². The molecule has 0 fully saturated rings. The Balaban J connectivity index is 4.24. The Kier molecular flexibility index (Phi) is 53.9. The molecule has 0 aliphatic rings. The third-order valence-corrected chi connectivity index (χ3v) is 12.0. The average Bonchev–Trinajstić information content (AvgIpc) is 3.35. The van der Waals surface area contributed by atoms with E-state index in [9.17, 15) is 14.4 Å². The van der Waals surface area contributed by atoms with Crippen molar-refractivity contribution in [3.05, 3.63) is 97.2 Å². The average molecular weight is 960 g/mol. The van der Waals surface area contributed by atoms with Gasteiger partial charge in [0.15, 0.2) is 6.10 Å². The SMILES string of the molecule is CC/C=C\C/C=C\C/C=C\C/C=C\C/C=C\CCCCCCCCCCCCCC(=O)OCC(COC(=O)CCCCCCC/C=C\CCC)OC(=O)CCCCCCC/C=C\C/C=C\CCCC. The molecule has 0 aliphatic heterocycles. The summed E-state index contributed by atoms with van der Waals surface area (Å²) in [4.78, 5) is 38.0. The highest BCUT2D eigenvalue weighted by Crippen LogP contribution is 2.15. The standard InChI is InChI=1S/C63H106O6/c1-4-7-10-13-16-19-22-24-26-27-28-29-30-31-32-33-34-35-36-37-38-40-41-44-47-50-53-56-62(65)68-59-60(58-67-61(64)55-52-49-46-43-21-18-15-12-9-6-3)69-63(66)57-54-51-48-45-42-39-25-23-20-17-14-11-8-5-2/h7,10,12,14-17,19,23-26,28-29,31-32,60H,4-6,8-9,11,13,18,20-22,27,30,33-59H2,1-3H3/b10-7-,15-12-,17-14-,19-16-,25-23-,26-24-,29-28-,32-31-. The van der Waals surface area contributed by atoms with Crippen LogP contribution in [0.2, 0.25) is 0 Å². The Bertz CT molecular complexity index is 1380. The van der Waals surface area contributed by atoms with Gasteiger partial charge in [-0.2, -0.15) is 0 Å². The summed E-state index contributed by atoms with van der Waals surface area (Å²) in [6.45, 7) is 6.40. The van der Waals surface area contributed by atoms with Crippen LogP contribution in [0.15, 0.2) is 97.2 Å². The van der Waals surface area contributed by atoms with Gasteiger partial charge in [-0.25, -0.2) is 0 Å². The number of ether oxygens (including phenoxy) is 3. The Morgan fingerprint density at radius 1 is 0.304 bits per heavy atom. The summed E-state index contributed by atoms with van der Waals surface area (Å²) in [5.74, 6) is -0.914. The topological polar surface area (TPSA) is 78.9 Å². The molecule has 0 rings (SSSR count). The second-order valence-corrected chi connectivity index (χ2v) is 18.8. The zero-order valence-electron chi connectivity index (χ0n) is 45.0. The summed E-state index contributed by atoms with van der Waals surface area (Å²) in [5.41, 5.74) is 0. The van der Waals surface area contributed by atoms with Crippen LogP contribution in [0.3, 0.4) is 0 Å². The summed E-state index contributed by atoms with van der Waals surface area (Å²) in [7, 11) is 0. The first-order chi connectivity index (χ1) is 34.0. The van der Waals surface area contributed by atoms with Crippen molar-refractivity contribution < 1.29 is 28.6 Å². The summed E-state index contributed by atoms with van der Waals surface area (Å²) in [6.07, 6.45) is 75.5. The van der Waals surface area contributed by atoms with Crippen molar-refractivity contribution in [2.75, 3.05) is 13.2 Å². The smallest absolute Gasteiger partial charge is 0.306 e. The van der Waals surface area contributed by atoms with Crippen LogP contribution < -0.4 is 0 Å². The molecule has 0 aromatic rings. The third kappa shape index (κ3) is 55.1. The highest BCUT2D eigenvalue weighted by molar-refractivity contribution is 5.71. The first-order valence-electron chi connectivity index (χ1n) is 28.7. The molecule has 6 nitrogen and oxygen atoms in total. The Morgan fingerprint density at radius 3 is 0.957 bits per heavy atom. The molecule has 0 heterocycles. The van der Waals surface area contributed by atoms with E-state index in [-0.39, 0.29) is 31.1 Å². The van der Waals surface area contributed by atoms with Gasteiger partial charge in [-0.05, 0) is 109 Å². The van der Waals surface area contributed by atoms with Crippen molar-refractivity contribution in [1.29, 1.82) is 0 Å². The molecule has 0 saturated carbocycles. The number of hydrogen-bond donors (Lipinski definition) is 0. The van der Waals surface area contributed by atoms with Gasteiger partial charge in [0, 0.05) is 19.3 Å². The van der Waals surface area contributed by atoms with E-state index < -0.39 is 6.10 Å². The van der Waals surface area contributed by atoms with Crippen LogP contribution in [0.4, 0.5) is 0 Å². The maximum Gasteiger partial charge on any atom is 0.306 e. The first-order valence-corrected chi connectivity index (χ1v) is 28.7. The predicted octanol–water partition coefficient (Wildman–Crippen LogP) is 19.3. The summed E-state index contributed by atoms with van der Waals surface area (Å²) < 4.78 is 16.8. The lowest BCUT2D eigenvalue weighted by Crippen LogP contribution is -2.30. The van der Waals surface area contributed by atoms with Crippen LogP contribution in [0.1, 0.15) is 265 Å². The van der Waals surface area contributed by atoms with Gasteiger partial charge in [0.2, 0.25) is 0 Å². The Morgan fingerprint density at radius 2 is 0.594 bits per heavy atom. The molecule has 0 radical (unpaired) electrons. The molecule has 6 heteroatoms. The maximum atomic E-state index is 12.8. The van der Waals surface area contributed by atoms with Crippen LogP contribution in [0, 0.1) is 0 Å². The second-order valence-electron chi connectivity index (χ2n) is 18.8. The second kappa shape index (κ2) is 56.9. The van der Waals surface area contributed by atoms with E-state index in [0.29, 0.717) is 19.3 Å². The molecule has 0 amide bonds. The lowest BCUT2D eigenvalue weighted by atomic mass is 10.0. The van der Waals surface area contributed by atoms with Crippen LogP contribution in [0.25, 0.3) is 0 Å². The number of carbonyl (C=O) groups is 3. The van der Waals surface area contributed by atoms with Crippen molar-refractivity contribution in [3.63, 3.8) is 0 Å². The maximum absolute atomic E-state index is 12.8. The van der Waals surface area contributed by atoms with Crippen molar-refractivity contribution in [3.8, 4) is 0 Å². The number of carbonyl (C=O) groups excluding carboxylic acids is 3. The summed E-state index contributed by atoms with van der Waals surface area (Å²) in [6, 6.07) is 0. The van der Waals surface area contributed by atoms with E-state index in [1.165, 1.54) is 89.9 Å². The molecule has 0 spiro atoms. The minimum atomic E-state index is -0.789. The first kappa shape index (κ1) is 65.3. The fourth-order valence-corrected chi connectivity index (χ4v) is 7.72. The quantitative estimate of drug-likeness (QED) is 0.0262. The van der Waals surface area contributed by atoms with Crippen LogP contribution in [-0.2, 0) is 28.6 Å².